The van der Waals surface area contributed by atoms with Crippen LogP contribution >= 0.6 is 0 Å². The molecule has 0 spiro atoms. The number of benzene rings is 1. The van der Waals surface area contributed by atoms with Gasteiger partial charge in [0.15, 0.2) is 0 Å². The number of nitrogens with one attached hydrogen (secondary N) is 2. The summed E-state index contributed by atoms with van der Waals surface area (Å²) >= 11 is 0. The maximum absolute atomic E-state index is 12.5. The second kappa shape index (κ2) is 8.46. The summed E-state index contributed by atoms with van der Waals surface area (Å²) < 4.78 is 0. The molecule has 0 aliphatic carbocycles. The van der Waals surface area contributed by atoms with Gasteiger partial charge in [-0.3, -0.25) is 9.69 Å². The fourth-order valence-corrected chi connectivity index (χ4v) is 3.82. The van der Waals surface area contributed by atoms with Crippen LogP contribution in [0.2, 0.25) is 0 Å². The Morgan fingerprint density at radius 1 is 1.22 bits per heavy atom. The van der Waals surface area contributed by atoms with E-state index in [0.717, 1.165) is 57.9 Å². The lowest BCUT2D eigenvalue weighted by Gasteiger charge is -2.25. The number of carbonyl (C=O) groups is 1. The number of nitrogens with zero attached hydrogens (tertiary/aromatic N) is 1. The number of amides is 1. The van der Waals surface area contributed by atoms with Crippen molar-refractivity contribution in [1.82, 2.24) is 15.5 Å². The van der Waals surface area contributed by atoms with Crippen LogP contribution in [-0.2, 0) is 11.3 Å². The Hall–Kier alpha value is -1.39. The molecular formula is C19H29N3O. The Morgan fingerprint density at radius 2 is 2.09 bits per heavy atom. The zero-order valence-corrected chi connectivity index (χ0v) is 14.0. The van der Waals surface area contributed by atoms with E-state index in [1.165, 1.54) is 18.4 Å². The van der Waals surface area contributed by atoms with Gasteiger partial charge >= 0.3 is 0 Å². The molecule has 0 bridgehead atoms. The van der Waals surface area contributed by atoms with Gasteiger partial charge in [0.2, 0.25) is 5.91 Å². The zero-order chi connectivity index (χ0) is 15.9. The SMILES string of the molecule is O=C(NCCC1CCCNC1)C1CCCN1Cc1ccccc1. The fraction of sp³-hybridized carbons (Fsp3) is 0.632. The molecule has 3 rings (SSSR count). The van der Waals surface area contributed by atoms with E-state index in [0.29, 0.717) is 0 Å². The molecular weight excluding hydrogens is 286 g/mol. The summed E-state index contributed by atoms with van der Waals surface area (Å²) in [5.41, 5.74) is 1.29. The van der Waals surface area contributed by atoms with Crippen LogP contribution in [0.15, 0.2) is 30.3 Å². The number of likely N-dealkylation sites (tertiary alicyclic amines) is 1. The summed E-state index contributed by atoms with van der Waals surface area (Å²) in [6.45, 7) is 4.99. The number of piperidine rings is 1. The van der Waals surface area contributed by atoms with Gasteiger partial charge < -0.3 is 10.6 Å². The van der Waals surface area contributed by atoms with Gasteiger partial charge in [-0.1, -0.05) is 30.3 Å². The monoisotopic (exact) mass is 315 g/mol. The van der Waals surface area contributed by atoms with Crippen LogP contribution in [-0.4, -0.2) is 43.0 Å². The predicted octanol–water partition coefficient (Wildman–Crippen LogP) is 2.16. The lowest BCUT2D eigenvalue weighted by Crippen LogP contribution is -2.43. The molecule has 126 valence electrons. The largest absolute Gasteiger partial charge is 0.355 e. The minimum atomic E-state index is 0.0553. The Labute approximate surface area is 139 Å². The summed E-state index contributed by atoms with van der Waals surface area (Å²) in [4.78, 5) is 14.8. The van der Waals surface area contributed by atoms with Crippen LogP contribution in [0.1, 0.15) is 37.7 Å². The maximum Gasteiger partial charge on any atom is 0.237 e. The van der Waals surface area contributed by atoms with E-state index in [-0.39, 0.29) is 11.9 Å². The third kappa shape index (κ3) is 4.79. The highest BCUT2D eigenvalue weighted by Gasteiger charge is 2.30. The first kappa shape index (κ1) is 16.5. The number of carbonyl (C=O) groups excluding carboxylic acids is 1. The van der Waals surface area contributed by atoms with Crippen molar-refractivity contribution in [3.63, 3.8) is 0 Å². The summed E-state index contributed by atoms with van der Waals surface area (Å²) in [7, 11) is 0. The fourth-order valence-electron chi connectivity index (χ4n) is 3.82. The van der Waals surface area contributed by atoms with Crippen molar-refractivity contribution in [3.8, 4) is 0 Å². The molecule has 0 saturated carbocycles. The van der Waals surface area contributed by atoms with Gasteiger partial charge in [-0.2, -0.15) is 0 Å². The summed E-state index contributed by atoms with van der Waals surface area (Å²) in [5, 5.41) is 6.62. The van der Waals surface area contributed by atoms with Gasteiger partial charge in [-0.15, -0.1) is 0 Å². The van der Waals surface area contributed by atoms with Crippen molar-refractivity contribution in [2.24, 2.45) is 5.92 Å². The molecule has 1 amide bonds. The molecule has 1 aromatic carbocycles. The van der Waals surface area contributed by atoms with Crippen molar-refractivity contribution in [3.05, 3.63) is 35.9 Å². The van der Waals surface area contributed by atoms with Crippen LogP contribution in [0.3, 0.4) is 0 Å². The lowest BCUT2D eigenvalue weighted by molar-refractivity contribution is -0.125. The minimum Gasteiger partial charge on any atom is -0.355 e. The average Bonchev–Trinajstić information content (AvgIpc) is 3.05. The van der Waals surface area contributed by atoms with Crippen molar-refractivity contribution in [2.75, 3.05) is 26.2 Å². The summed E-state index contributed by atoms with van der Waals surface area (Å²) in [5.74, 6) is 0.954. The predicted molar refractivity (Wildman–Crippen MR) is 93.1 cm³/mol. The topological polar surface area (TPSA) is 44.4 Å². The molecule has 0 aromatic heterocycles. The van der Waals surface area contributed by atoms with E-state index >= 15 is 0 Å². The van der Waals surface area contributed by atoms with Gasteiger partial charge in [0.1, 0.15) is 0 Å². The third-order valence-electron chi connectivity index (χ3n) is 5.15. The van der Waals surface area contributed by atoms with Crippen molar-refractivity contribution in [2.45, 2.75) is 44.7 Å². The van der Waals surface area contributed by atoms with Crippen molar-refractivity contribution < 1.29 is 4.79 Å². The van der Waals surface area contributed by atoms with Crippen LogP contribution < -0.4 is 10.6 Å². The molecule has 0 radical (unpaired) electrons. The lowest BCUT2D eigenvalue weighted by atomic mass is 9.96. The summed E-state index contributed by atoms with van der Waals surface area (Å²) in [6, 6.07) is 10.5. The third-order valence-corrected chi connectivity index (χ3v) is 5.15. The first-order valence-electron chi connectivity index (χ1n) is 9.09. The molecule has 2 fully saturated rings. The first-order valence-corrected chi connectivity index (χ1v) is 9.09. The molecule has 23 heavy (non-hydrogen) atoms. The molecule has 2 heterocycles. The molecule has 2 saturated heterocycles. The highest BCUT2D eigenvalue weighted by atomic mass is 16.2. The van der Waals surface area contributed by atoms with E-state index in [9.17, 15) is 4.79 Å². The van der Waals surface area contributed by atoms with Crippen LogP contribution in [0, 0.1) is 5.92 Å². The molecule has 2 atom stereocenters. The van der Waals surface area contributed by atoms with E-state index in [2.05, 4.69) is 39.8 Å². The van der Waals surface area contributed by atoms with Crippen molar-refractivity contribution >= 4 is 5.91 Å². The highest BCUT2D eigenvalue weighted by molar-refractivity contribution is 5.82. The van der Waals surface area contributed by atoms with Crippen LogP contribution in [0.5, 0.6) is 0 Å². The molecule has 4 heteroatoms. The molecule has 2 aliphatic heterocycles. The van der Waals surface area contributed by atoms with Gasteiger partial charge in [0.05, 0.1) is 6.04 Å². The van der Waals surface area contributed by atoms with Crippen LogP contribution in [0.4, 0.5) is 0 Å². The van der Waals surface area contributed by atoms with Gasteiger partial charge in [0.25, 0.3) is 0 Å². The van der Waals surface area contributed by atoms with Crippen LogP contribution in [0.25, 0.3) is 0 Å². The minimum absolute atomic E-state index is 0.0553. The molecule has 2 N–H and O–H groups in total. The van der Waals surface area contributed by atoms with Crippen molar-refractivity contribution in [1.29, 1.82) is 0 Å². The molecule has 2 unspecified atom stereocenters. The van der Waals surface area contributed by atoms with E-state index in [1.54, 1.807) is 0 Å². The number of hydrogen-bond donors (Lipinski definition) is 2. The number of rotatable bonds is 6. The van der Waals surface area contributed by atoms with Gasteiger partial charge in [-0.05, 0) is 63.2 Å². The second-order valence-electron chi connectivity index (χ2n) is 6.91. The number of hydrogen-bond acceptors (Lipinski definition) is 3. The molecule has 1 aromatic rings. The molecule has 2 aliphatic rings. The average molecular weight is 315 g/mol. The maximum atomic E-state index is 12.5. The smallest absolute Gasteiger partial charge is 0.237 e. The van der Waals surface area contributed by atoms with Gasteiger partial charge in [-0.25, -0.2) is 0 Å². The first-order chi connectivity index (χ1) is 11.3. The summed E-state index contributed by atoms with van der Waals surface area (Å²) in [6.07, 6.45) is 5.78. The second-order valence-corrected chi connectivity index (χ2v) is 6.91. The van der Waals surface area contributed by atoms with E-state index in [1.807, 2.05) is 6.07 Å². The Morgan fingerprint density at radius 3 is 2.87 bits per heavy atom. The van der Waals surface area contributed by atoms with E-state index in [4.69, 9.17) is 0 Å². The normalized spacial score (nSPS) is 25.4. The Kier molecular flexibility index (Phi) is 6.06. The zero-order valence-electron chi connectivity index (χ0n) is 14.0. The Balaban J connectivity index is 1.44. The quantitative estimate of drug-likeness (QED) is 0.845. The van der Waals surface area contributed by atoms with E-state index < -0.39 is 0 Å². The Bertz CT molecular complexity index is 485. The standard InChI is InChI=1S/C19H29N3O/c23-19(21-12-10-16-8-4-11-20-14-16)18-9-5-13-22(18)15-17-6-2-1-3-7-17/h1-3,6-7,16,18,20H,4-5,8-15H2,(H,21,23). The molecule has 4 nitrogen and oxygen atoms in total. The van der Waals surface area contributed by atoms with Gasteiger partial charge in [0, 0.05) is 13.1 Å². The highest BCUT2D eigenvalue weighted by Crippen LogP contribution is 2.20.